The van der Waals surface area contributed by atoms with E-state index in [9.17, 15) is 10.1 Å². The molecule has 0 amide bonds. The normalized spacial score (nSPS) is 10.4. The Morgan fingerprint density at radius 3 is 2.52 bits per heavy atom. The van der Waals surface area contributed by atoms with Gasteiger partial charge in [-0.25, -0.2) is 0 Å². The molecule has 5 nitrogen and oxygen atoms in total. The standard InChI is InChI=1S/C15H15BrN2O3/c1-10-6-13(16)7-12(8-17)15(10)21-9-11-2-4-14(5-3-11)18(19)20/h2-7H,8-9,17H2,1H3. The van der Waals surface area contributed by atoms with E-state index in [2.05, 4.69) is 15.9 Å². The van der Waals surface area contributed by atoms with E-state index in [1.54, 1.807) is 12.1 Å². The highest BCUT2D eigenvalue weighted by Gasteiger charge is 2.09. The van der Waals surface area contributed by atoms with Crippen LogP contribution in [-0.4, -0.2) is 4.92 Å². The third-order valence-electron chi connectivity index (χ3n) is 3.07. The van der Waals surface area contributed by atoms with E-state index in [0.29, 0.717) is 13.2 Å². The Kier molecular flexibility index (Phi) is 4.93. The van der Waals surface area contributed by atoms with Gasteiger partial charge >= 0.3 is 0 Å². The van der Waals surface area contributed by atoms with Crippen molar-refractivity contribution in [2.24, 2.45) is 5.73 Å². The first-order valence-corrected chi connectivity index (χ1v) is 7.15. The molecule has 0 aliphatic carbocycles. The average Bonchev–Trinajstić information content (AvgIpc) is 2.46. The van der Waals surface area contributed by atoms with Gasteiger partial charge in [0.25, 0.3) is 5.69 Å². The van der Waals surface area contributed by atoms with Gasteiger partial charge in [-0.2, -0.15) is 0 Å². The van der Waals surface area contributed by atoms with Gasteiger partial charge in [0.2, 0.25) is 0 Å². The van der Waals surface area contributed by atoms with Gasteiger partial charge in [0.05, 0.1) is 4.92 Å². The summed E-state index contributed by atoms with van der Waals surface area (Å²) in [5.74, 6) is 0.763. The number of non-ortho nitro benzene ring substituents is 1. The Morgan fingerprint density at radius 2 is 1.95 bits per heavy atom. The number of nitrogens with zero attached hydrogens (tertiary/aromatic N) is 1. The number of hydrogen-bond acceptors (Lipinski definition) is 4. The van der Waals surface area contributed by atoms with Gasteiger partial charge in [-0.1, -0.05) is 15.9 Å². The summed E-state index contributed by atoms with van der Waals surface area (Å²) in [4.78, 5) is 10.2. The number of nitro groups is 1. The zero-order valence-corrected chi connectivity index (χ0v) is 13.1. The van der Waals surface area contributed by atoms with Crippen LogP contribution in [0.5, 0.6) is 5.75 Å². The minimum absolute atomic E-state index is 0.0706. The molecule has 0 atom stereocenters. The lowest BCUT2D eigenvalue weighted by atomic mass is 10.1. The van der Waals surface area contributed by atoms with Crippen LogP contribution in [0, 0.1) is 17.0 Å². The van der Waals surface area contributed by atoms with Gasteiger partial charge in [-0.3, -0.25) is 10.1 Å². The molecule has 0 heterocycles. The monoisotopic (exact) mass is 350 g/mol. The molecule has 0 bridgehead atoms. The molecule has 0 fully saturated rings. The third kappa shape index (κ3) is 3.80. The van der Waals surface area contributed by atoms with Crippen molar-refractivity contribution in [2.45, 2.75) is 20.1 Å². The summed E-state index contributed by atoms with van der Waals surface area (Å²) >= 11 is 3.43. The minimum Gasteiger partial charge on any atom is -0.488 e. The molecule has 0 aromatic heterocycles. The number of halogens is 1. The van der Waals surface area contributed by atoms with Crippen molar-refractivity contribution in [1.29, 1.82) is 0 Å². The number of ether oxygens (including phenoxy) is 1. The van der Waals surface area contributed by atoms with E-state index >= 15 is 0 Å². The first-order valence-electron chi connectivity index (χ1n) is 6.36. The van der Waals surface area contributed by atoms with Crippen LogP contribution in [0.2, 0.25) is 0 Å². The summed E-state index contributed by atoms with van der Waals surface area (Å²) in [6.07, 6.45) is 0. The predicted molar refractivity (Wildman–Crippen MR) is 84.2 cm³/mol. The Balaban J connectivity index is 2.14. The van der Waals surface area contributed by atoms with Gasteiger partial charge in [0, 0.05) is 28.7 Å². The Labute approximate surface area is 131 Å². The van der Waals surface area contributed by atoms with Crippen molar-refractivity contribution in [3.8, 4) is 5.75 Å². The molecule has 2 rings (SSSR count). The number of hydrogen-bond donors (Lipinski definition) is 1. The second kappa shape index (κ2) is 6.69. The van der Waals surface area contributed by atoms with Crippen LogP contribution < -0.4 is 10.5 Å². The fraction of sp³-hybridized carbons (Fsp3) is 0.200. The molecule has 2 aromatic carbocycles. The lowest BCUT2D eigenvalue weighted by Crippen LogP contribution is -2.04. The first kappa shape index (κ1) is 15.5. The molecule has 0 saturated heterocycles. The maximum absolute atomic E-state index is 10.6. The number of rotatable bonds is 5. The molecular weight excluding hydrogens is 336 g/mol. The predicted octanol–water partition coefficient (Wildman–Crippen LogP) is 3.70. The SMILES string of the molecule is Cc1cc(Br)cc(CN)c1OCc1ccc([N+](=O)[O-])cc1. The van der Waals surface area contributed by atoms with Crippen molar-refractivity contribution in [2.75, 3.05) is 0 Å². The molecule has 2 N–H and O–H groups in total. The van der Waals surface area contributed by atoms with Crippen molar-refractivity contribution in [1.82, 2.24) is 0 Å². The fourth-order valence-electron chi connectivity index (χ4n) is 2.03. The maximum atomic E-state index is 10.6. The summed E-state index contributed by atoms with van der Waals surface area (Å²) in [6, 6.07) is 10.2. The summed E-state index contributed by atoms with van der Waals surface area (Å²) in [5, 5.41) is 10.6. The lowest BCUT2D eigenvalue weighted by Gasteiger charge is -2.14. The highest BCUT2D eigenvalue weighted by Crippen LogP contribution is 2.28. The van der Waals surface area contributed by atoms with E-state index in [1.807, 2.05) is 19.1 Å². The highest BCUT2D eigenvalue weighted by atomic mass is 79.9. The lowest BCUT2D eigenvalue weighted by molar-refractivity contribution is -0.384. The third-order valence-corrected chi connectivity index (χ3v) is 3.52. The molecule has 0 saturated carbocycles. The van der Waals surface area contributed by atoms with E-state index in [0.717, 1.165) is 26.9 Å². The van der Waals surface area contributed by atoms with Crippen LogP contribution in [0.1, 0.15) is 16.7 Å². The Bertz CT molecular complexity index is 657. The number of benzene rings is 2. The van der Waals surface area contributed by atoms with Crippen LogP contribution in [0.25, 0.3) is 0 Å². The number of aryl methyl sites for hydroxylation is 1. The van der Waals surface area contributed by atoms with E-state index < -0.39 is 4.92 Å². The van der Waals surface area contributed by atoms with Crippen molar-refractivity contribution in [3.05, 3.63) is 67.7 Å². The second-order valence-electron chi connectivity index (χ2n) is 4.63. The summed E-state index contributed by atoms with van der Waals surface area (Å²) in [6.45, 7) is 2.68. The van der Waals surface area contributed by atoms with Gasteiger partial charge in [-0.05, 0) is 42.3 Å². The highest BCUT2D eigenvalue weighted by molar-refractivity contribution is 9.10. The Hall–Kier alpha value is -1.92. The number of nitro benzene ring substituents is 1. The van der Waals surface area contributed by atoms with E-state index in [4.69, 9.17) is 10.5 Å². The molecule has 0 radical (unpaired) electrons. The fourth-order valence-corrected chi connectivity index (χ4v) is 2.65. The molecule has 0 spiro atoms. The van der Waals surface area contributed by atoms with Gasteiger partial charge in [-0.15, -0.1) is 0 Å². The molecule has 2 aromatic rings. The van der Waals surface area contributed by atoms with E-state index in [1.165, 1.54) is 12.1 Å². The van der Waals surface area contributed by atoms with Crippen molar-refractivity contribution < 1.29 is 9.66 Å². The molecule has 0 unspecified atom stereocenters. The van der Waals surface area contributed by atoms with Crippen molar-refractivity contribution >= 4 is 21.6 Å². The van der Waals surface area contributed by atoms with Crippen molar-refractivity contribution in [3.63, 3.8) is 0 Å². The van der Waals surface area contributed by atoms with Gasteiger partial charge in [0.15, 0.2) is 0 Å². The summed E-state index contributed by atoms with van der Waals surface area (Å²) in [5.41, 5.74) is 8.58. The van der Waals surface area contributed by atoms with Crippen LogP contribution in [-0.2, 0) is 13.2 Å². The minimum atomic E-state index is -0.421. The molecule has 21 heavy (non-hydrogen) atoms. The molecular formula is C15H15BrN2O3. The van der Waals surface area contributed by atoms with Crippen LogP contribution in [0.4, 0.5) is 5.69 Å². The largest absolute Gasteiger partial charge is 0.488 e. The van der Waals surface area contributed by atoms with Crippen LogP contribution in [0.3, 0.4) is 0 Å². The molecule has 0 aliphatic heterocycles. The Morgan fingerprint density at radius 1 is 1.29 bits per heavy atom. The quantitative estimate of drug-likeness (QED) is 0.658. The average molecular weight is 351 g/mol. The molecule has 0 aliphatic rings. The molecule has 6 heteroatoms. The topological polar surface area (TPSA) is 78.4 Å². The van der Waals surface area contributed by atoms with E-state index in [-0.39, 0.29) is 5.69 Å². The summed E-state index contributed by atoms with van der Waals surface area (Å²) < 4.78 is 6.79. The maximum Gasteiger partial charge on any atom is 0.269 e. The van der Waals surface area contributed by atoms with Gasteiger partial charge in [0.1, 0.15) is 12.4 Å². The zero-order chi connectivity index (χ0) is 15.4. The second-order valence-corrected chi connectivity index (χ2v) is 5.54. The smallest absolute Gasteiger partial charge is 0.269 e. The van der Waals surface area contributed by atoms with Crippen LogP contribution >= 0.6 is 15.9 Å². The first-order chi connectivity index (χ1) is 10.0. The summed E-state index contributed by atoms with van der Waals surface area (Å²) in [7, 11) is 0. The molecule has 110 valence electrons. The van der Waals surface area contributed by atoms with Crippen LogP contribution in [0.15, 0.2) is 40.9 Å². The number of nitrogens with two attached hydrogens (primary N) is 1. The zero-order valence-electron chi connectivity index (χ0n) is 11.5. The van der Waals surface area contributed by atoms with Gasteiger partial charge < -0.3 is 10.5 Å².